The van der Waals surface area contributed by atoms with E-state index < -0.39 is 0 Å². The molecule has 1 heterocycles. The van der Waals surface area contributed by atoms with Crippen LogP contribution in [0.2, 0.25) is 0 Å². The van der Waals surface area contributed by atoms with Gasteiger partial charge in [-0.3, -0.25) is 4.90 Å². The minimum absolute atomic E-state index is 0.0858. The highest BCUT2D eigenvalue weighted by molar-refractivity contribution is 5.33. The maximum absolute atomic E-state index is 9.70. The molecule has 1 aliphatic carbocycles. The van der Waals surface area contributed by atoms with Crippen molar-refractivity contribution in [3.8, 4) is 0 Å². The summed E-state index contributed by atoms with van der Waals surface area (Å²) in [6.45, 7) is 4.20. The van der Waals surface area contributed by atoms with E-state index >= 15 is 0 Å². The van der Waals surface area contributed by atoms with Crippen LogP contribution in [-0.2, 0) is 19.3 Å². The smallest absolute Gasteiger partial charge is 0.0679 e. The lowest BCUT2D eigenvalue weighted by Gasteiger charge is -2.26. The molecule has 1 unspecified atom stereocenters. The van der Waals surface area contributed by atoms with Crippen molar-refractivity contribution >= 4 is 0 Å². The third-order valence-electron chi connectivity index (χ3n) is 4.88. The van der Waals surface area contributed by atoms with Crippen molar-refractivity contribution in [2.45, 2.75) is 57.6 Å². The number of β-amino-alcohol motifs (C(OH)–C–C–N with tert-alkyl or cyclic N) is 1. The molecular weight excluding hydrogens is 234 g/mol. The average Bonchev–Trinajstić information content (AvgIpc) is 2.75. The van der Waals surface area contributed by atoms with Crippen molar-refractivity contribution in [3.05, 3.63) is 34.9 Å². The minimum Gasteiger partial charge on any atom is -0.392 e. The Balaban J connectivity index is 1.70. The summed E-state index contributed by atoms with van der Waals surface area (Å²) in [5.41, 5.74) is 4.59. The molecule has 1 N–H and O–H groups in total. The molecule has 1 aromatic carbocycles. The zero-order valence-electron chi connectivity index (χ0n) is 11.9. The van der Waals surface area contributed by atoms with Crippen LogP contribution in [0.1, 0.15) is 42.9 Å². The van der Waals surface area contributed by atoms with Gasteiger partial charge < -0.3 is 5.11 Å². The van der Waals surface area contributed by atoms with E-state index in [0.717, 1.165) is 25.9 Å². The molecule has 0 aromatic heterocycles. The number of benzene rings is 1. The van der Waals surface area contributed by atoms with Gasteiger partial charge >= 0.3 is 0 Å². The number of aliphatic hydroxyl groups excluding tert-OH is 1. The summed E-state index contributed by atoms with van der Waals surface area (Å²) in [5.74, 6) is 0. The molecule has 3 rings (SSSR count). The predicted molar refractivity (Wildman–Crippen MR) is 78.4 cm³/mol. The topological polar surface area (TPSA) is 23.5 Å². The van der Waals surface area contributed by atoms with Gasteiger partial charge in [0.1, 0.15) is 0 Å². The summed E-state index contributed by atoms with van der Waals surface area (Å²) < 4.78 is 0. The first-order valence-electron chi connectivity index (χ1n) is 7.79. The monoisotopic (exact) mass is 259 g/mol. The largest absolute Gasteiger partial charge is 0.392 e. The third kappa shape index (κ3) is 2.85. The van der Waals surface area contributed by atoms with Crippen molar-refractivity contribution in [1.82, 2.24) is 4.90 Å². The second-order valence-electron chi connectivity index (χ2n) is 6.13. The lowest BCUT2D eigenvalue weighted by atomic mass is 9.99. The van der Waals surface area contributed by atoms with E-state index in [0.29, 0.717) is 6.04 Å². The van der Waals surface area contributed by atoms with Crippen molar-refractivity contribution in [3.63, 3.8) is 0 Å². The van der Waals surface area contributed by atoms with Crippen molar-refractivity contribution in [2.75, 3.05) is 13.1 Å². The first-order chi connectivity index (χ1) is 9.26. The van der Waals surface area contributed by atoms with E-state index in [9.17, 15) is 5.11 Å². The van der Waals surface area contributed by atoms with Gasteiger partial charge in [-0.15, -0.1) is 0 Å². The maximum atomic E-state index is 9.70. The van der Waals surface area contributed by atoms with Crippen LogP contribution < -0.4 is 0 Å². The molecule has 1 saturated heterocycles. The molecule has 2 heteroatoms. The Morgan fingerprint density at radius 1 is 1.16 bits per heavy atom. The lowest BCUT2D eigenvalue weighted by Crippen LogP contribution is -2.34. The molecule has 2 nitrogen and oxygen atoms in total. The van der Waals surface area contributed by atoms with E-state index in [-0.39, 0.29) is 6.10 Å². The van der Waals surface area contributed by atoms with Gasteiger partial charge in [0.15, 0.2) is 0 Å². The highest BCUT2D eigenvalue weighted by atomic mass is 16.3. The van der Waals surface area contributed by atoms with Gasteiger partial charge in [-0.2, -0.15) is 0 Å². The molecule has 1 aromatic rings. The molecule has 0 spiro atoms. The Hall–Kier alpha value is -0.860. The third-order valence-corrected chi connectivity index (χ3v) is 4.88. The molecule has 0 bridgehead atoms. The Bertz CT molecular complexity index is 443. The van der Waals surface area contributed by atoms with Crippen LogP contribution in [0.5, 0.6) is 0 Å². The summed E-state index contributed by atoms with van der Waals surface area (Å²) in [6.07, 6.45) is 6.94. The first-order valence-corrected chi connectivity index (χ1v) is 7.79. The van der Waals surface area contributed by atoms with Crippen LogP contribution >= 0.6 is 0 Å². The quantitative estimate of drug-likeness (QED) is 0.825. The van der Waals surface area contributed by atoms with Gasteiger partial charge in [-0.05, 0) is 55.2 Å². The van der Waals surface area contributed by atoms with Crippen LogP contribution in [0.3, 0.4) is 0 Å². The molecule has 1 aliphatic heterocycles. The molecule has 0 amide bonds. The summed E-state index contributed by atoms with van der Waals surface area (Å²) in [5, 5.41) is 9.70. The predicted octanol–water partition coefficient (Wildman–Crippen LogP) is 2.56. The van der Waals surface area contributed by atoms with Gasteiger partial charge in [0, 0.05) is 19.1 Å². The van der Waals surface area contributed by atoms with Gasteiger partial charge in [0.2, 0.25) is 0 Å². The van der Waals surface area contributed by atoms with Crippen molar-refractivity contribution < 1.29 is 5.11 Å². The van der Waals surface area contributed by atoms with Crippen LogP contribution in [0.4, 0.5) is 0 Å². The highest BCUT2D eigenvalue weighted by Crippen LogP contribution is 2.27. The molecule has 1 fully saturated rings. The average molecular weight is 259 g/mol. The Labute approximate surface area is 116 Å². The number of aryl methyl sites for hydroxylation is 3. The van der Waals surface area contributed by atoms with Crippen LogP contribution in [-0.4, -0.2) is 35.2 Å². The number of nitrogens with zero attached hydrogens (tertiary/aromatic N) is 1. The van der Waals surface area contributed by atoms with Crippen LogP contribution in [0.25, 0.3) is 0 Å². The van der Waals surface area contributed by atoms with E-state index in [4.69, 9.17) is 0 Å². The van der Waals surface area contributed by atoms with E-state index in [1.54, 1.807) is 11.1 Å². The molecule has 2 atom stereocenters. The highest BCUT2D eigenvalue weighted by Gasteiger charge is 2.28. The first kappa shape index (κ1) is 13.1. The van der Waals surface area contributed by atoms with Gasteiger partial charge in [0.25, 0.3) is 0 Å². The number of hydrogen-bond donors (Lipinski definition) is 1. The normalized spacial score (nSPS) is 28.1. The Kier molecular flexibility index (Phi) is 3.90. The Morgan fingerprint density at radius 3 is 2.63 bits per heavy atom. The summed E-state index contributed by atoms with van der Waals surface area (Å²) >= 11 is 0. The minimum atomic E-state index is -0.0858. The van der Waals surface area contributed by atoms with Gasteiger partial charge in [-0.1, -0.05) is 25.1 Å². The fourth-order valence-electron chi connectivity index (χ4n) is 3.63. The van der Waals surface area contributed by atoms with Crippen LogP contribution in [0.15, 0.2) is 18.2 Å². The second-order valence-corrected chi connectivity index (χ2v) is 6.13. The molecule has 19 heavy (non-hydrogen) atoms. The number of aliphatic hydroxyl groups is 1. The molecular formula is C17H25NO. The number of likely N-dealkylation sites (tertiary alicyclic amines) is 1. The molecule has 104 valence electrons. The lowest BCUT2D eigenvalue weighted by molar-refractivity contribution is 0.153. The van der Waals surface area contributed by atoms with Gasteiger partial charge in [-0.25, -0.2) is 0 Å². The van der Waals surface area contributed by atoms with E-state index in [2.05, 4.69) is 30.0 Å². The molecule has 0 saturated carbocycles. The van der Waals surface area contributed by atoms with Crippen molar-refractivity contribution in [2.24, 2.45) is 0 Å². The van der Waals surface area contributed by atoms with Gasteiger partial charge in [0.05, 0.1) is 6.10 Å². The molecule has 2 aliphatic rings. The zero-order valence-corrected chi connectivity index (χ0v) is 11.9. The summed E-state index contributed by atoms with van der Waals surface area (Å²) in [4.78, 5) is 2.51. The SMILES string of the molecule is CCc1ccc2c(c1)CCC(N1CC[C@@H](O)C1)CC2. The fraction of sp³-hybridized carbons (Fsp3) is 0.647. The van der Waals surface area contributed by atoms with E-state index in [1.165, 1.54) is 31.2 Å². The van der Waals surface area contributed by atoms with E-state index in [1.807, 2.05) is 0 Å². The molecule has 0 radical (unpaired) electrons. The standard InChI is InChI=1S/C17H25NO/c1-2-13-3-4-14-5-7-16(8-6-15(14)11-13)18-10-9-17(19)12-18/h3-4,11,16-17,19H,2,5-10,12H2,1H3/t16?,17-/m1/s1. The van der Waals surface area contributed by atoms with Crippen LogP contribution in [0, 0.1) is 0 Å². The van der Waals surface area contributed by atoms with Crippen molar-refractivity contribution in [1.29, 1.82) is 0 Å². The zero-order chi connectivity index (χ0) is 13.2. The summed E-state index contributed by atoms with van der Waals surface area (Å²) in [7, 11) is 0. The summed E-state index contributed by atoms with van der Waals surface area (Å²) in [6, 6.07) is 7.72. The number of fused-ring (bicyclic) bond motifs is 1. The Morgan fingerprint density at radius 2 is 1.95 bits per heavy atom. The second kappa shape index (κ2) is 5.64. The fourth-order valence-corrected chi connectivity index (χ4v) is 3.63. The number of hydrogen-bond acceptors (Lipinski definition) is 2. The maximum Gasteiger partial charge on any atom is 0.0679 e. The number of rotatable bonds is 2.